The van der Waals surface area contributed by atoms with E-state index < -0.39 is 7.60 Å². The molecule has 0 heterocycles. The fourth-order valence-corrected chi connectivity index (χ4v) is 8.97. The Morgan fingerprint density at radius 2 is 1.78 bits per heavy atom. The van der Waals surface area contributed by atoms with E-state index >= 15 is 0 Å². The number of allylic oxidation sites excluding steroid dienone is 2. The molecule has 0 spiro atoms. The van der Waals surface area contributed by atoms with Crippen molar-refractivity contribution in [2.24, 2.45) is 46.3 Å². The lowest BCUT2D eigenvalue weighted by molar-refractivity contribution is -0.0973. The molecule has 4 aliphatic rings. The average molecular weight is 397 g/mol. The number of aliphatic hydroxyl groups excluding tert-OH is 1. The van der Waals surface area contributed by atoms with E-state index in [4.69, 9.17) is 0 Å². The molecule has 0 bridgehead atoms. The van der Waals surface area contributed by atoms with Crippen LogP contribution in [0.15, 0.2) is 11.4 Å². The summed E-state index contributed by atoms with van der Waals surface area (Å²) in [6, 6.07) is 0. The maximum atomic E-state index is 11.8. The fraction of sp³-hybridized carbons (Fsp3) is 0.909. The molecule has 3 N–H and O–H groups in total. The molecular weight excluding hydrogens is 359 g/mol. The first-order valence-corrected chi connectivity index (χ1v) is 12.6. The van der Waals surface area contributed by atoms with Gasteiger partial charge in [-0.1, -0.05) is 26.8 Å². The monoisotopic (exact) mass is 396 g/mol. The van der Waals surface area contributed by atoms with Gasteiger partial charge in [0, 0.05) is 11.9 Å². The Morgan fingerprint density at radius 3 is 2.44 bits per heavy atom. The third-order valence-corrected chi connectivity index (χ3v) is 10.8. The van der Waals surface area contributed by atoms with Gasteiger partial charge in [0.25, 0.3) is 0 Å². The third-order valence-electron chi connectivity index (χ3n) is 9.68. The maximum absolute atomic E-state index is 11.8. The molecule has 27 heavy (non-hydrogen) atoms. The lowest BCUT2D eigenvalue weighted by atomic mass is 9.45. The first-order chi connectivity index (χ1) is 12.6. The fourth-order valence-electron chi connectivity index (χ4n) is 8.19. The molecule has 8 atom stereocenters. The Morgan fingerprint density at radius 1 is 1.07 bits per heavy atom. The standard InChI is InChI=1S/C22H37O4P/c1-14(13-23)18-6-7-19-17-5-4-15-12-16(27(24,25)26)8-10-21(15,2)20(17)9-11-22(18,19)3/h12,14-15,17-20,23H,4-11,13H2,1-3H3,(H2,24,25,26)/t14?,15-,17-,18+,19-,20-,21-,22+/m0/s1. The number of hydrogen-bond donors (Lipinski definition) is 3. The van der Waals surface area contributed by atoms with Crippen molar-refractivity contribution in [2.45, 2.75) is 72.1 Å². The van der Waals surface area contributed by atoms with Crippen molar-refractivity contribution in [1.29, 1.82) is 0 Å². The van der Waals surface area contributed by atoms with E-state index in [1.807, 2.05) is 6.08 Å². The molecule has 4 nitrogen and oxygen atoms in total. The molecule has 0 aliphatic heterocycles. The van der Waals surface area contributed by atoms with Crippen LogP contribution in [0.3, 0.4) is 0 Å². The molecule has 0 aromatic heterocycles. The summed E-state index contributed by atoms with van der Waals surface area (Å²) in [7, 11) is -4.08. The Kier molecular flexibility index (Phi) is 4.99. The van der Waals surface area contributed by atoms with Crippen LogP contribution in [-0.4, -0.2) is 21.5 Å². The van der Waals surface area contributed by atoms with Gasteiger partial charge in [-0.25, -0.2) is 0 Å². The van der Waals surface area contributed by atoms with E-state index in [0.29, 0.717) is 47.4 Å². The van der Waals surface area contributed by atoms with Crippen LogP contribution >= 0.6 is 7.60 Å². The molecule has 154 valence electrons. The molecule has 0 radical (unpaired) electrons. The molecule has 3 fully saturated rings. The van der Waals surface area contributed by atoms with Gasteiger partial charge in [0.05, 0.1) is 0 Å². The Labute approximate surface area is 164 Å². The van der Waals surface area contributed by atoms with Gasteiger partial charge in [0.2, 0.25) is 0 Å². The highest BCUT2D eigenvalue weighted by atomic mass is 31.2. The summed E-state index contributed by atoms with van der Waals surface area (Å²) in [5.41, 5.74) is 0.567. The molecule has 0 amide bonds. The third kappa shape index (κ3) is 3.01. The van der Waals surface area contributed by atoms with Gasteiger partial charge in [-0.2, -0.15) is 0 Å². The minimum absolute atomic E-state index is 0.198. The predicted octanol–water partition coefficient (Wildman–Crippen LogP) is 4.95. The van der Waals surface area contributed by atoms with Gasteiger partial charge < -0.3 is 14.9 Å². The van der Waals surface area contributed by atoms with Crippen molar-refractivity contribution in [2.75, 3.05) is 6.61 Å². The largest absolute Gasteiger partial charge is 0.396 e. The second-order valence-electron chi connectivity index (χ2n) is 10.7. The smallest absolute Gasteiger partial charge is 0.351 e. The van der Waals surface area contributed by atoms with Crippen LogP contribution in [0.4, 0.5) is 0 Å². The van der Waals surface area contributed by atoms with Gasteiger partial charge in [-0.05, 0) is 97.7 Å². The van der Waals surface area contributed by atoms with Gasteiger partial charge in [0.15, 0.2) is 0 Å². The van der Waals surface area contributed by atoms with Crippen molar-refractivity contribution >= 4 is 7.60 Å². The van der Waals surface area contributed by atoms with E-state index in [-0.39, 0.29) is 5.41 Å². The van der Waals surface area contributed by atoms with Crippen molar-refractivity contribution in [1.82, 2.24) is 0 Å². The van der Waals surface area contributed by atoms with E-state index in [1.165, 1.54) is 32.1 Å². The number of aliphatic hydroxyl groups is 1. The topological polar surface area (TPSA) is 77.8 Å². The molecule has 0 aromatic rings. The summed E-state index contributed by atoms with van der Waals surface area (Å²) < 4.78 is 11.8. The van der Waals surface area contributed by atoms with Crippen molar-refractivity contribution in [3.63, 3.8) is 0 Å². The van der Waals surface area contributed by atoms with E-state index in [1.54, 1.807) is 0 Å². The molecule has 4 rings (SSSR count). The van der Waals surface area contributed by atoms with Crippen LogP contribution < -0.4 is 0 Å². The zero-order valence-corrected chi connectivity index (χ0v) is 18.0. The normalized spacial score (nSPS) is 48.2. The zero-order valence-electron chi connectivity index (χ0n) is 17.1. The summed E-state index contributed by atoms with van der Waals surface area (Å²) in [6.45, 7) is 7.43. The summed E-state index contributed by atoms with van der Waals surface area (Å²) >= 11 is 0. The lowest BCUT2D eigenvalue weighted by Gasteiger charge is -2.60. The lowest BCUT2D eigenvalue weighted by Crippen LogP contribution is -2.52. The Balaban J connectivity index is 1.60. The molecule has 0 aromatic carbocycles. The first-order valence-electron chi connectivity index (χ1n) is 11.0. The van der Waals surface area contributed by atoms with Gasteiger partial charge in [0.1, 0.15) is 0 Å². The SMILES string of the molecule is CC(CO)[C@H]1CC[C@H]2[C@@H]3CC[C@H]4C=C(P(=O)(O)O)CC[C@]4(C)[C@H]3CC[C@]12C. The highest BCUT2D eigenvalue weighted by Gasteiger charge is 2.60. The number of fused-ring (bicyclic) bond motifs is 5. The summed E-state index contributed by atoms with van der Waals surface area (Å²) in [5.74, 6) is 3.57. The predicted molar refractivity (Wildman–Crippen MR) is 107 cm³/mol. The summed E-state index contributed by atoms with van der Waals surface area (Å²) in [6.07, 6.45) is 10.8. The second kappa shape index (κ2) is 6.69. The minimum atomic E-state index is -4.08. The van der Waals surface area contributed by atoms with Crippen LogP contribution in [0, 0.1) is 46.3 Å². The van der Waals surface area contributed by atoms with Crippen LogP contribution in [0.1, 0.15) is 72.1 Å². The summed E-state index contributed by atoms with van der Waals surface area (Å²) in [5, 5.41) is 10.1. The number of hydrogen-bond acceptors (Lipinski definition) is 2. The van der Waals surface area contributed by atoms with Crippen LogP contribution in [0.5, 0.6) is 0 Å². The second-order valence-corrected chi connectivity index (χ2v) is 12.3. The zero-order chi connectivity index (χ0) is 19.6. The van der Waals surface area contributed by atoms with Gasteiger partial charge >= 0.3 is 7.60 Å². The maximum Gasteiger partial charge on any atom is 0.351 e. The summed E-state index contributed by atoms with van der Waals surface area (Å²) in [4.78, 5) is 19.3. The molecule has 3 saturated carbocycles. The first kappa shape index (κ1) is 20.1. The van der Waals surface area contributed by atoms with Crippen molar-refractivity contribution < 1.29 is 19.5 Å². The number of rotatable bonds is 3. The van der Waals surface area contributed by atoms with Crippen molar-refractivity contribution in [3.05, 3.63) is 11.4 Å². The van der Waals surface area contributed by atoms with E-state index in [9.17, 15) is 19.5 Å². The highest BCUT2D eigenvalue weighted by molar-refractivity contribution is 7.56. The van der Waals surface area contributed by atoms with Crippen LogP contribution in [-0.2, 0) is 4.57 Å². The van der Waals surface area contributed by atoms with E-state index in [2.05, 4.69) is 20.8 Å². The highest BCUT2D eigenvalue weighted by Crippen LogP contribution is 2.69. The van der Waals surface area contributed by atoms with E-state index in [0.717, 1.165) is 24.7 Å². The molecule has 5 heteroatoms. The molecular formula is C22H37O4P. The van der Waals surface area contributed by atoms with Gasteiger partial charge in [-0.15, -0.1) is 0 Å². The van der Waals surface area contributed by atoms with Crippen molar-refractivity contribution in [3.8, 4) is 0 Å². The Bertz CT molecular complexity index is 669. The van der Waals surface area contributed by atoms with Crippen LogP contribution in [0.25, 0.3) is 0 Å². The Hall–Kier alpha value is -0.150. The molecule has 1 unspecified atom stereocenters. The molecule has 4 aliphatic carbocycles. The van der Waals surface area contributed by atoms with Gasteiger partial charge in [-0.3, -0.25) is 4.57 Å². The van der Waals surface area contributed by atoms with Crippen LogP contribution in [0.2, 0.25) is 0 Å². The quantitative estimate of drug-likeness (QED) is 0.590. The minimum Gasteiger partial charge on any atom is -0.396 e. The molecule has 0 saturated heterocycles. The average Bonchev–Trinajstić information content (AvgIpc) is 2.96.